The van der Waals surface area contributed by atoms with Gasteiger partial charge in [-0.15, -0.1) is 0 Å². The van der Waals surface area contributed by atoms with Gasteiger partial charge in [0.15, 0.2) is 0 Å². The molecule has 0 bridgehead atoms. The zero-order valence-corrected chi connectivity index (χ0v) is 9.74. The van der Waals surface area contributed by atoms with Gasteiger partial charge in [0.2, 0.25) is 0 Å². The summed E-state index contributed by atoms with van der Waals surface area (Å²) in [6, 6.07) is 8.74. The number of hydrogen-bond acceptors (Lipinski definition) is 1. The summed E-state index contributed by atoms with van der Waals surface area (Å²) in [7, 11) is 2.08. The standard InChI is InChI=1S/C11H13BrN2/c1-14(11-6-7-11)8-13-10-4-2-9(12)3-5-10/h2-5,8,11H,6-7H2,1H3. The Bertz CT molecular complexity index is 328. The van der Waals surface area contributed by atoms with Crippen molar-refractivity contribution in [2.24, 2.45) is 4.99 Å². The number of rotatable bonds is 3. The molecule has 0 saturated heterocycles. The van der Waals surface area contributed by atoms with Crippen LogP contribution in [0.1, 0.15) is 12.8 Å². The Morgan fingerprint density at radius 1 is 1.36 bits per heavy atom. The monoisotopic (exact) mass is 252 g/mol. The van der Waals surface area contributed by atoms with Crippen LogP contribution in [0.25, 0.3) is 0 Å². The molecular weight excluding hydrogens is 240 g/mol. The molecule has 0 unspecified atom stereocenters. The Kier molecular flexibility index (Phi) is 2.87. The molecule has 3 heteroatoms. The zero-order chi connectivity index (χ0) is 9.97. The van der Waals surface area contributed by atoms with Gasteiger partial charge in [0.05, 0.1) is 12.0 Å². The summed E-state index contributed by atoms with van der Waals surface area (Å²) in [6.45, 7) is 0. The van der Waals surface area contributed by atoms with Gasteiger partial charge in [0, 0.05) is 17.6 Å². The van der Waals surface area contributed by atoms with Crippen LogP contribution >= 0.6 is 15.9 Å². The molecule has 0 atom stereocenters. The fraction of sp³-hybridized carbons (Fsp3) is 0.364. The van der Waals surface area contributed by atoms with Crippen LogP contribution in [0.4, 0.5) is 5.69 Å². The summed E-state index contributed by atoms with van der Waals surface area (Å²) >= 11 is 3.40. The maximum Gasteiger partial charge on any atom is 0.0912 e. The van der Waals surface area contributed by atoms with Gasteiger partial charge in [0.1, 0.15) is 0 Å². The number of aliphatic imine (C=N–C) groups is 1. The summed E-state index contributed by atoms with van der Waals surface area (Å²) in [5.74, 6) is 0. The maximum atomic E-state index is 4.39. The van der Waals surface area contributed by atoms with Gasteiger partial charge >= 0.3 is 0 Å². The number of halogens is 1. The van der Waals surface area contributed by atoms with Crippen LogP contribution in [0, 0.1) is 0 Å². The average Bonchev–Trinajstić information content (AvgIpc) is 3.00. The van der Waals surface area contributed by atoms with E-state index in [1.807, 2.05) is 30.6 Å². The fourth-order valence-electron chi connectivity index (χ4n) is 1.26. The highest BCUT2D eigenvalue weighted by molar-refractivity contribution is 9.10. The second-order valence-electron chi connectivity index (χ2n) is 3.62. The fourth-order valence-corrected chi connectivity index (χ4v) is 1.53. The normalized spacial score (nSPS) is 16.1. The van der Waals surface area contributed by atoms with Gasteiger partial charge in [-0.3, -0.25) is 0 Å². The largest absolute Gasteiger partial charge is 0.363 e. The molecule has 0 aromatic heterocycles. The average molecular weight is 253 g/mol. The number of hydrogen-bond donors (Lipinski definition) is 0. The van der Waals surface area contributed by atoms with E-state index in [2.05, 4.69) is 32.9 Å². The summed E-state index contributed by atoms with van der Waals surface area (Å²) < 4.78 is 1.09. The van der Waals surface area contributed by atoms with Crippen LogP contribution in [-0.2, 0) is 0 Å². The molecule has 0 N–H and O–H groups in total. The molecule has 2 rings (SSSR count). The van der Waals surface area contributed by atoms with Gasteiger partial charge < -0.3 is 4.90 Å². The third-order valence-electron chi connectivity index (χ3n) is 2.34. The van der Waals surface area contributed by atoms with E-state index in [4.69, 9.17) is 0 Å². The second kappa shape index (κ2) is 4.13. The van der Waals surface area contributed by atoms with Crippen molar-refractivity contribution >= 4 is 28.0 Å². The summed E-state index contributed by atoms with van der Waals surface area (Å²) in [5.41, 5.74) is 1.00. The van der Waals surface area contributed by atoms with Crippen LogP contribution in [-0.4, -0.2) is 24.3 Å². The van der Waals surface area contributed by atoms with Crippen molar-refractivity contribution in [3.63, 3.8) is 0 Å². The van der Waals surface area contributed by atoms with Crippen LogP contribution in [0.2, 0.25) is 0 Å². The number of nitrogens with zero attached hydrogens (tertiary/aromatic N) is 2. The molecule has 2 nitrogen and oxygen atoms in total. The molecule has 0 amide bonds. The molecule has 0 heterocycles. The predicted octanol–water partition coefficient (Wildman–Crippen LogP) is 3.20. The molecule has 74 valence electrons. The first-order valence-electron chi connectivity index (χ1n) is 4.77. The van der Waals surface area contributed by atoms with Crippen molar-refractivity contribution in [1.82, 2.24) is 4.90 Å². The Hall–Kier alpha value is -0.830. The Morgan fingerprint density at radius 2 is 2.00 bits per heavy atom. The quantitative estimate of drug-likeness (QED) is 0.596. The van der Waals surface area contributed by atoms with Gasteiger partial charge in [-0.25, -0.2) is 4.99 Å². The summed E-state index contributed by atoms with van der Waals surface area (Å²) in [5, 5.41) is 0. The van der Waals surface area contributed by atoms with Crippen molar-refractivity contribution in [1.29, 1.82) is 0 Å². The highest BCUT2D eigenvalue weighted by Crippen LogP contribution is 2.24. The van der Waals surface area contributed by atoms with E-state index in [1.54, 1.807) is 0 Å². The predicted molar refractivity (Wildman–Crippen MR) is 63.1 cm³/mol. The van der Waals surface area contributed by atoms with Crippen molar-refractivity contribution in [2.45, 2.75) is 18.9 Å². The summed E-state index contributed by atoms with van der Waals surface area (Å²) in [6.07, 6.45) is 4.53. The van der Waals surface area contributed by atoms with Crippen LogP contribution in [0.3, 0.4) is 0 Å². The minimum atomic E-state index is 0.731. The molecule has 1 saturated carbocycles. The van der Waals surface area contributed by atoms with Crippen molar-refractivity contribution in [3.05, 3.63) is 28.7 Å². The maximum absolute atomic E-state index is 4.39. The molecule has 0 aliphatic heterocycles. The third-order valence-corrected chi connectivity index (χ3v) is 2.87. The van der Waals surface area contributed by atoms with Gasteiger partial charge in [-0.2, -0.15) is 0 Å². The summed E-state index contributed by atoms with van der Waals surface area (Å²) in [4.78, 5) is 6.57. The van der Waals surface area contributed by atoms with Crippen molar-refractivity contribution in [2.75, 3.05) is 7.05 Å². The lowest BCUT2D eigenvalue weighted by atomic mass is 10.3. The molecule has 14 heavy (non-hydrogen) atoms. The minimum absolute atomic E-state index is 0.731. The van der Waals surface area contributed by atoms with E-state index in [0.717, 1.165) is 16.2 Å². The van der Waals surface area contributed by atoms with E-state index in [9.17, 15) is 0 Å². The smallest absolute Gasteiger partial charge is 0.0912 e. The van der Waals surface area contributed by atoms with E-state index < -0.39 is 0 Å². The molecule has 1 fully saturated rings. The SMILES string of the molecule is CN(C=Nc1ccc(Br)cc1)C1CC1. The second-order valence-corrected chi connectivity index (χ2v) is 4.53. The lowest BCUT2D eigenvalue weighted by Gasteiger charge is -2.10. The molecular formula is C11H13BrN2. The first-order valence-corrected chi connectivity index (χ1v) is 5.57. The zero-order valence-electron chi connectivity index (χ0n) is 8.15. The molecule has 0 radical (unpaired) electrons. The first kappa shape index (κ1) is 9.71. The van der Waals surface area contributed by atoms with Gasteiger partial charge in [-0.1, -0.05) is 15.9 Å². The van der Waals surface area contributed by atoms with Crippen LogP contribution in [0.5, 0.6) is 0 Å². The Balaban J connectivity index is 1.98. The van der Waals surface area contributed by atoms with Crippen molar-refractivity contribution in [3.8, 4) is 0 Å². The molecule has 1 aliphatic carbocycles. The topological polar surface area (TPSA) is 15.6 Å². The van der Waals surface area contributed by atoms with E-state index >= 15 is 0 Å². The van der Waals surface area contributed by atoms with Crippen LogP contribution < -0.4 is 0 Å². The number of benzene rings is 1. The molecule has 1 aromatic rings. The lowest BCUT2D eigenvalue weighted by molar-refractivity contribution is 0.511. The highest BCUT2D eigenvalue weighted by Gasteiger charge is 2.24. The van der Waals surface area contributed by atoms with Gasteiger partial charge in [0.25, 0.3) is 0 Å². The molecule has 0 spiro atoms. The highest BCUT2D eigenvalue weighted by atomic mass is 79.9. The molecule has 1 aliphatic rings. The van der Waals surface area contributed by atoms with E-state index in [0.29, 0.717) is 0 Å². The van der Waals surface area contributed by atoms with E-state index in [1.165, 1.54) is 12.8 Å². The Labute approximate surface area is 92.8 Å². The van der Waals surface area contributed by atoms with Crippen molar-refractivity contribution < 1.29 is 0 Å². The van der Waals surface area contributed by atoms with Gasteiger partial charge in [-0.05, 0) is 37.1 Å². The third kappa shape index (κ3) is 2.58. The van der Waals surface area contributed by atoms with E-state index in [-0.39, 0.29) is 0 Å². The minimum Gasteiger partial charge on any atom is -0.363 e. The first-order chi connectivity index (χ1) is 6.75. The Morgan fingerprint density at radius 3 is 2.57 bits per heavy atom. The molecule has 1 aromatic carbocycles. The van der Waals surface area contributed by atoms with Crippen LogP contribution in [0.15, 0.2) is 33.7 Å². The lowest BCUT2D eigenvalue weighted by Crippen LogP contribution is -2.17.